The van der Waals surface area contributed by atoms with Gasteiger partial charge in [0.15, 0.2) is 0 Å². The Labute approximate surface area is 147 Å². The average Bonchev–Trinajstić information content (AvgIpc) is 2.58. The number of pyridine rings is 1. The Balaban J connectivity index is 2.97. The fourth-order valence-corrected chi connectivity index (χ4v) is 2.33. The van der Waals surface area contributed by atoms with Gasteiger partial charge in [0, 0.05) is 25.1 Å². The number of nitrogens with one attached hydrogen (secondary N) is 2. The number of hydrogen-bond acceptors (Lipinski definition) is 6. The molecule has 2 atom stereocenters. The summed E-state index contributed by atoms with van der Waals surface area (Å²) in [5.41, 5.74) is 0.654. The molecule has 138 valence electrons. The Morgan fingerprint density at radius 3 is 2.40 bits per heavy atom. The SMILES string of the molecule is COC(=O)[C@@H](Cc1cccnc1OC)NC(=O)[C@H](NC(C)=O)C(C)C. The van der Waals surface area contributed by atoms with Gasteiger partial charge in [-0.1, -0.05) is 19.9 Å². The molecule has 2 amide bonds. The molecule has 2 N–H and O–H groups in total. The van der Waals surface area contributed by atoms with Crippen LogP contribution in [-0.4, -0.2) is 49.1 Å². The maximum Gasteiger partial charge on any atom is 0.328 e. The van der Waals surface area contributed by atoms with Crippen LogP contribution in [0.1, 0.15) is 26.3 Å². The number of rotatable bonds is 8. The lowest BCUT2D eigenvalue weighted by Crippen LogP contribution is -2.54. The van der Waals surface area contributed by atoms with Gasteiger partial charge >= 0.3 is 5.97 Å². The van der Waals surface area contributed by atoms with E-state index in [2.05, 4.69) is 15.6 Å². The first-order valence-corrected chi connectivity index (χ1v) is 7.93. The second-order valence-corrected chi connectivity index (χ2v) is 5.88. The summed E-state index contributed by atoms with van der Waals surface area (Å²) in [5, 5.41) is 5.23. The van der Waals surface area contributed by atoms with E-state index in [-0.39, 0.29) is 18.2 Å². The molecule has 0 aromatic carbocycles. The Bertz CT molecular complexity index is 618. The number of ether oxygens (including phenoxy) is 2. The molecule has 1 aromatic rings. The van der Waals surface area contributed by atoms with Gasteiger partial charge in [-0.2, -0.15) is 0 Å². The van der Waals surface area contributed by atoms with Crippen LogP contribution in [0, 0.1) is 5.92 Å². The van der Waals surface area contributed by atoms with Crippen molar-refractivity contribution in [2.45, 2.75) is 39.3 Å². The summed E-state index contributed by atoms with van der Waals surface area (Å²) >= 11 is 0. The average molecular weight is 351 g/mol. The summed E-state index contributed by atoms with van der Waals surface area (Å²) in [6, 6.07) is 1.79. The maximum absolute atomic E-state index is 12.5. The van der Waals surface area contributed by atoms with Crippen LogP contribution in [0.15, 0.2) is 18.3 Å². The van der Waals surface area contributed by atoms with Crippen molar-refractivity contribution in [2.75, 3.05) is 14.2 Å². The third-order valence-electron chi connectivity index (χ3n) is 3.58. The summed E-state index contributed by atoms with van der Waals surface area (Å²) in [5.74, 6) is -1.14. The molecule has 8 heteroatoms. The predicted octanol–water partition coefficient (Wildman–Crippen LogP) is 0.451. The lowest BCUT2D eigenvalue weighted by atomic mass is 10.0. The Hall–Kier alpha value is -2.64. The maximum atomic E-state index is 12.5. The van der Waals surface area contributed by atoms with Gasteiger partial charge in [-0.3, -0.25) is 9.59 Å². The summed E-state index contributed by atoms with van der Waals surface area (Å²) in [6.45, 7) is 4.94. The quantitative estimate of drug-likeness (QED) is 0.659. The summed E-state index contributed by atoms with van der Waals surface area (Å²) in [6.07, 6.45) is 1.72. The first-order valence-electron chi connectivity index (χ1n) is 7.93. The molecule has 0 aliphatic rings. The van der Waals surface area contributed by atoms with E-state index in [0.29, 0.717) is 11.4 Å². The van der Waals surface area contributed by atoms with Gasteiger partial charge in [0.25, 0.3) is 0 Å². The van der Waals surface area contributed by atoms with Crippen molar-refractivity contribution in [1.29, 1.82) is 0 Å². The molecule has 25 heavy (non-hydrogen) atoms. The predicted molar refractivity (Wildman–Crippen MR) is 90.9 cm³/mol. The number of hydrogen-bond donors (Lipinski definition) is 2. The Kier molecular flexibility index (Phi) is 7.84. The van der Waals surface area contributed by atoms with Crippen molar-refractivity contribution in [3.63, 3.8) is 0 Å². The fourth-order valence-electron chi connectivity index (χ4n) is 2.33. The molecule has 0 fully saturated rings. The number of amides is 2. The van der Waals surface area contributed by atoms with Crippen LogP contribution in [0.2, 0.25) is 0 Å². The molecule has 0 aliphatic carbocycles. The zero-order chi connectivity index (χ0) is 19.0. The molecule has 0 aliphatic heterocycles. The third-order valence-corrected chi connectivity index (χ3v) is 3.58. The smallest absolute Gasteiger partial charge is 0.328 e. The van der Waals surface area contributed by atoms with E-state index in [0.717, 1.165) is 0 Å². The highest BCUT2D eigenvalue weighted by Gasteiger charge is 2.29. The molecule has 1 aromatic heterocycles. The van der Waals surface area contributed by atoms with Crippen molar-refractivity contribution in [1.82, 2.24) is 15.6 Å². The van der Waals surface area contributed by atoms with Crippen LogP contribution >= 0.6 is 0 Å². The van der Waals surface area contributed by atoms with Crippen molar-refractivity contribution in [2.24, 2.45) is 5.92 Å². The third kappa shape index (κ3) is 6.06. The molecule has 1 heterocycles. The zero-order valence-corrected chi connectivity index (χ0v) is 15.2. The topological polar surface area (TPSA) is 107 Å². The number of methoxy groups -OCH3 is 2. The number of carbonyl (C=O) groups excluding carboxylic acids is 3. The van der Waals surface area contributed by atoms with Crippen molar-refractivity contribution < 1.29 is 23.9 Å². The summed E-state index contributed by atoms with van der Waals surface area (Å²) < 4.78 is 9.95. The van der Waals surface area contributed by atoms with Crippen molar-refractivity contribution in [3.8, 4) is 5.88 Å². The minimum atomic E-state index is -0.925. The molecular formula is C17H25N3O5. The van der Waals surface area contributed by atoms with Crippen LogP contribution in [0.3, 0.4) is 0 Å². The zero-order valence-electron chi connectivity index (χ0n) is 15.2. The van der Waals surface area contributed by atoms with Gasteiger partial charge in [-0.25, -0.2) is 9.78 Å². The number of nitrogens with zero attached hydrogens (tertiary/aromatic N) is 1. The van der Waals surface area contributed by atoms with Gasteiger partial charge < -0.3 is 20.1 Å². The number of esters is 1. The molecule has 0 bridgehead atoms. The minimum Gasteiger partial charge on any atom is -0.481 e. The van der Waals surface area contributed by atoms with Crippen molar-refractivity contribution >= 4 is 17.8 Å². The van der Waals surface area contributed by atoms with Gasteiger partial charge in [0.05, 0.1) is 14.2 Å². The lowest BCUT2D eigenvalue weighted by Gasteiger charge is -2.24. The monoisotopic (exact) mass is 351 g/mol. The minimum absolute atomic E-state index is 0.143. The molecular weight excluding hydrogens is 326 g/mol. The highest BCUT2D eigenvalue weighted by Crippen LogP contribution is 2.16. The standard InChI is InChI=1S/C17H25N3O5/c1-10(2)14(19-11(3)21)15(22)20-13(17(23)25-5)9-12-7-6-8-18-16(12)24-4/h6-8,10,13-14H,9H2,1-5H3,(H,19,21)(H,20,22)/t13-,14-/m1/s1. The number of aromatic nitrogens is 1. The molecule has 1 rings (SSSR count). The normalized spacial score (nSPS) is 12.9. The van der Waals surface area contributed by atoms with Gasteiger partial charge in [-0.15, -0.1) is 0 Å². The van der Waals surface area contributed by atoms with E-state index < -0.39 is 24.0 Å². The molecule has 0 saturated carbocycles. The summed E-state index contributed by atoms with van der Waals surface area (Å²) in [7, 11) is 2.72. The Morgan fingerprint density at radius 1 is 1.20 bits per heavy atom. The van der Waals surface area contributed by atoms with E-state index >= 15 is 0 Å². The number of carbonyl (C=O) groups is 3. The first-order chi connectivity index (χ1) is 11.8. The first kappa shape index (κ1) is 20.4. The van der Waals surface area contributed by atoms with E-state index in [4.69, 9.17) is 9.47 Å². The van der Waals surface area contributed by atoms with Gasteiger partial charge in [0.2, 0.25) is 17.7 Å². The Morgan fingerprint density at radius 2 is 1.88 bits per heavy atom. The molecule has 0 unspecified atom stereocenters. The molecule has 0 saturated heterocycles. The van der Waals surface area contributed by atoms with Crippen LogP contribution in [0.5, 0.6) is 5.88 Å². The van der Waals surface area contributed by atoms with E-state index in [1.54, 1.807) is 32.2 Å². The van der Waals surface area contributed by atoms with Gasteiger partial charge in [0.1, 0.15) is 12.1 Å². The second kappa shape index (κ2) is 9.61. The second-order valence-electron chi connectivity index (χ2n) is 5.88. The van der Waals surface area contributed by atoms with Gasteiger partial charge in [-0.05, 0) is 12.0 Å². The molecule has 8 nitrogen and oxygen atoms in total. The largest absolute Gasteiger partial charge is 0.481 e. The highest BCUT2D eigenvalue weighted by atomic mass is 16.5. The van der Waals surface area contributed by atoms with Crippen LogP contribution in [0.4, 0.5) is 0 Å². The van der Waals surface area contributed by atoms with Crippen molar-refractivity contribution in [3.05, 3.63) is 23.9 Å². The summed E-state index contributed by atoms with van der Waals surface area (Å²) in [4.78, 5) is 40.0. The molecule has 0 radical (unpaired) electrons. The van der Waals surface area contributed by atoms with Crippen LogP contribution in [-0.2, 0) is 25.5 Å². The lowest BCUT2D eigenvalue weighted by molar-refractivity contribution is -0.145. The van der Waals surface area contributed by atoms with E-state index in [1.807, 2.05) is 0 Å². The fraction of sp³-hybridized carbons (Fsp3) is 0.529. The van der Waals surface area contributed by atoms with Crippen LogP contribution in [0.25, 0.3) is 0 Å². The highest BCUT2D eigenvalue weighted by molar-refractivity contribution is 5.90. The van der Waals surface area contributed by atoms with E-state index in [1.165, 1.54) is 21.1 Å². The molecule has 0 spiro atoms. The van der Waals surface area contributed by atoms with Crippen LogP contribution < -0.4 is 15.4 Å². The van der Waals surface area contributed by atoms with E-state index in [9.17, 15) is 14.4 Å².